The van der Waals surface area contributed by atoms with E-state index < -0.39 is 11.8 Å². The summed E-state index contributed by atoms with van der Waals surface area (Å²) in [6, 6.07) is 11.1. The largest absolute Gasteiger partial charge is 0.292 e. The van der Waals surface area contributed by atoms with Crippen molar-refractivity contribution in [2.45, 2.75) is 13.8 Å². The molecule has 0 saturated carbocycles. The van der Waals surface area contributed by atoms with E-state index in [1.54, 1.807) is 23.7 Å². The monoisotopic (exact) mass is 419 g/mol. The average molecular weight is 420 g/mol. The number of hydrogen-bond donors (Lipinski definition) is 2. The molecule has 0 spiro atoms. The molecule has 2 amide bonds. The van der Waals surface area contributed by atoms with E-state index in [0.717, 1.165) is 15.0 Å². The highest BCUT2D eigenvalue weighted by Gasteiger charge is 2.18. The van der Waals surface area contributed by atoms with Crippen molar-refractivity contribution in [3.63, 3.8) is 0 Å². The maximum atomic E-state index is 12.3. The zero-order chi connectivity index (χ0) is 18.0. The molecule has 2 heterocycles. The van der Waals surface area contributed by atoms with Crippen LogP contribution < -0.4 is 10.9 Å². The quantitative estimate of drug-likeness (QED) is 0.638. The Balaban J connectivity index is 1.72. The van der Waals surface area contributed by atoms with Gasteiger partial charge in [-0.1, -0.05) is 17.3 Å². The third kappa shape index (κ3) is 3.77. The van der Waals surface area contributed by atoms with E-state index in [1.165, 1.54) is 11.3 Å². The lowest BCUT2D eigenvalue weighted by Crippen LogP contribution is -2.41. The molecule has 9 heteroatoms. The van der Waals surface area contributed by atoms with Gasteiger partial charge in [0.05, 0.1) is 20.0 Å². The first kappa shape index (κ1) is 17.3. The second kappa shape index (κ2) is 7.16. The fourth-order valence-electron chi connectivity index (χ4n) is 2.21. The Bertz CT molecular complexity index is 950. The van der Waals surface area contributed by atoms with E-state index in [-0.39, 0.29) is 5.69 Å². The maximum absolute atomic E-state index is 12.3. The molecule has 3 rings (SSSR count). The molecule has 25 heavy (non-hydrogen) atoms. The number of aromatic nitrogens is 3. The highest BCUT2D eigenvalue weighted by atomic mass is 79.9. The fraction of sp³-hybridized carbons (Fsp3) is 0.125. The van der Waals surface area contributed by atoms with Crippen molar-refractivity contribution < 1.29 is 9.59 Å². The number of halogens is 1. The zero-order valence-corrected chi connectivity index (χ0v) is 15.8. The predicted molar refractivity (Wildman–Crippen MR) is 97.8 cm³/mol. The molecule has 0 aliphatic rings. The summed E-state index contributed by atoms with van der Waals surface area (Å²) < 4.78 is 2.42. The van der Waals surface area contributed by atoms with E-state index in [4.69, 9.17) is 0 Å². The Hall–Kier alpha value is -2.52. The van der Waals surface area contributed by atoms with Crippen molar-refractivity contribution in [1.29, 1.82) is 0 Å². The highest BCUT2D eigenvalue weighted by Crippen LogP contribution is 2.21. The van der Waals surface area contributed by atoms with Gasteiger partial charge in [-0.15, -0.1) is 16.4 Å². The number of nitrogens with zero attached hydrogens (tertiary/aromatic N) is 3. The Morgan fingerprint density at radius 3 is 2.56 bits per heavy atom. The Kier molecular flexibility index (Phi) is 4.95. The highest BCUT2D eigenvalue weighted by molar-refractivity contribution is 9.11. The van der Waals surface area contributed by atoms with Gasteiger partial charge in [-0.3, -0.25) is 20.4 Å². The molecule has 7 nitrogen and oxygen atoms in total. The molecular weight excluding hydrogens is 406 g/mol. The molecule has 0 fully saturated rings. The van der Waals surface area contributed by atoms with E-state index in [1.807, 2.05) is 31.2 Å². The number of hydrazine groups is 1. The summed E-state index contributed by atoms with van der Waals surface area (Å²) in [6.07, 6.45) is 0. The van der Waals surface area contributed by atoms with Gasteiger partial charge in [-0.25, -0.2) is 4.68 Å². The number of carbonyl (C=O) groups excluding carboxylic acids is 2. The lowest BCUT2D eigenvalue weighted by Gasteiger charge is -2.06. The number of rotatable bonds is 3. The number of amides is 2. The van der Waals surface area contributed by atoms with E-state index in [9.17, 15) is 9.59 Å². The molecule has 0 unspecified atom stereocenters. The first-order valence-electron chi connectivity index (χ1n) is 7.31. The van der Waals surface area contributed by atoms with Crippen molar-refractivity contribution in [1.82, 2.24) is 25.8 Å². The van der Waals surface area contributed by atoms with Gasteiger partial charge in [0.2, 0.25) is 0 Å². The molecule has 0 atom stereocenters. The van der Waals surface area contributed by atoms with Crippen LogP contribution in [0.4, 0.5) is 0 Å². The van der Waals surface area contributed by atoms with Crippen LogP contribution in [-0.4, -0.2) is 26.8 Å². The van der Waals surface area contributed by atoms with Crippen molar-refractivity contribution in [2.75, 3.05) is 0 Å². The molecule has 0 aliphatic heterocycles. The molecule has 3 aromatic rings. The predicted octanol–water partition coefficient (Wildman–Crippen LogP) is 2.78. The van der Waals surface area contributed by atoms with Gasteiger partial charge in [0, 0.05) is 0 Å². The van der Waals surface area contributed by atoms with Crippen LogP contribution >= 0.6 is 27.3 Å². The van der Waals surface area contributed by atoms with E-state index >= 15 is 0 Å². The van der Waals surface area contributed by atoms with Crippen molar-refractivity contribution in [3.8, 4) is 5.69 Å². The van der Waals surface area contributed by atoms with Crippen LogP contribution in [0, 0.1) is 13.8 Å². The van der Waals surface area contributed by atoms with Crippen LogP contribution in [0.15, 0.2) is 40.2 Å². The van der Waals surface area contributed by atoms with Crippen molar-refractivity contribution in [3.05, 3.63) is 62.0 Å². The third-order valence-corrected chi connectivity index (χ3v) is 5.06. The first-order chi connectivity index (χ1) is 12.0. The first-order valence-corrected chi connectivity index (χ1v) is 8.92. The number of benzene rings is 1. The van der Waals surface area contributed by atoms with Gasteiger partial charge in [-0.2, -0.15) is 0 Å². The SMILES string of the molecule is Cc1cccc(-n2nnc(C(=O)NNC(=O)c3ccc(Br)s3)c2C)c1. The van der Waals surface area contributed by atoms with Gasteiger partial charge in [0.15, 0.2) is 5.69 Å². The van der Waals surface area contributed by atoms with Crippen molar-refractivity contribution in [2.24, 2.45) is 0 Å². The molecule has 128 valence electrons. The fourth-order valence-corrected chi connectivity index (χ4v) is 3.50. The van der Waals surface area contributed by atoms with Gasteiger partial charge < -0.3 is 0 Å². The smallest absolute Gasteiger partial charge is 0.266 e. The van der Waals surface area contributed by atoms with Gasteiger partial charge >= 0.3 is 0 Å². The van der Waals surface area contributed by atoms with Gasteiger partial charge in [0.1, 0.15) is 0 Å². The molecule has 2 aromatic heterocycles. The van der Waals surface area contributed by atoms with E-state index in [2.05, 4.69) is 37.1 Å². The summed E-state index contributed by atoms with van der Waals surface area (Å²) in [5, 5.41) is 7.95. The summed E-state index contributed by atoms with van der Waals surface area (Å²) in [5.41, 5.74) is 7.35. The minimum Gasteiger partial charge on any atom is -0.266 e. The average Bonchev–Trinajstić information content (AvgIpc) is 3.18. The number of aryl methyl sites for hydroxylation is 1. The van der Waals surface area contributed by atoms with Crippen LogP contribution in [0.2, 0.25) is 0 Å². The summed E-state index contributed by atoms with van der Waals surface area (Å²) in [7, 11) is 0. The molecule has 0 radical (unpaired) electrons. The van der Waals surface area contributed by atoms with Crippen LogP contribution in [0.3, 0.4) is 0 Å². The molecule has 0 saturated heterocycles. The zero-order valence-electron chi connectivity index (χ0n) is 13.4. The second-order valence-electron chi connectivity index (χ2n) is 5.29. The van der Waals surface area contributed by atoms with Crippen LogP contribution in [0.25, 0.3) is 5.69 Å². The topological polar surface area (TPSA) is 88.9 Å². The third-order valence-electron chi connectivity index (χ3n) is 3.44. The van der Waals surface area contributed by atoms with E-state index in [0.29, 0.717) is 10.6 Å². The second-order valence-corrected chi connectivity index (χ2v) is 7.75. The van der Waals surface area contributed by atoms with Gasteiger partial charge in [-0.05, 0) is 59.6 Å². The standard InChI is InChI=1S/C16H14BrN5O2S/c1-9-4-3-5-11(8-9)22-10(2)14(18-21-22)16(24)20-19-15(23)12-6-7-13(17)25-12/h3-8H,1-2H3,(H,19,23)(H,20,24). The minimum atomic E-state index is -0.527. The summed E-state index contributed by atoms with van der Waals surface area (Å²) >= 11 is 4.56. The summed E-state index contributed by atoms with van der Waals surface area (Å²) in [5.74, 6) is -0.923. The number of thiophene rings is 1. The Morgan fingerprint density at radius 1 is 1.12 bits per heavy atom. The lowest BCUT2D eigenvalue weighted by molar-refractivity contribution is 0.0845. The molecule has 0 aliphatic carbocycles. The van der Waals surface area contributed by atoms with Gasteiger partial charge in [0.25, 0.3) is 11.8 Å². The molecule has 1 aromatic carbocycles. The molecule has 0 bridgehead atoms. The lowest BCUT2D eigenvalue weighted by atomic mass is 10.2. The summed E-state index contributed by atoms with van der Waals surface area (Å²) in [4.78, 5) is 24.7. The summed E-state index contributed by atoms with van der Waals surface area (Å²) in [6.45, 7) is 3.72. The Morgan fingerprint density at radius 2 is 1.88 bits per heavy atom. The Labute approximate surface area is 156 Å². The van der Waals surface area contributed by atoms with Crippen LogP contribution in [0.5, 0.6) is 0 Å². The molecule has 2 N–H and O–H groups in total. The van der Waals surface area contributed by atoms with Crippen LogP contribution in [0.1, 0.15) is 31.4 Å². The number of nitrogens with one attached hydrogen (secondary N) is 2. The molecular formula is C16H14BrN5O2S. The normalized spacial score (nSPS) is 10.5. The number of hydrogen-bond acceptors (Lipinski definition) is 5. The minimum absolute atomic E-state index is 0.147. The maximum Gasteiger partial charge on any atom is 0.292 e. The van der Waals surface area contributed by atoms with Crippen molar-refractivity contribution >= 4 is 39.1 Å². The van der Waals surface area contributed by atoms with Crippen LogP contribution in [-0.2, 0) is 0 Å². The number of carbonyl (C=O) groups is 2.